The first kappa shape index (κ1) is 15.4. The number of amides is 1. The van der Waals surface area contributed by atoms with E-state index in [1.807, 2.05) is 18.2 Å². The van der Waals surface area contributed by atoms with Crippen LogP contribution in [0.25, 0.3) is 21.1 Å². The normalized spacial score (nSPS) is 10.9. The average Bonchev–Trinajstić information content (AvgIpc) is 3.09. The molecule has 0 aliphatic heterocycles. The largest absolute Gasteiger partial charge is 0.497 e. The zero-order valence-electron chi connectivity index (χ0n) is 13.2. The molecule has 2 aromatic heterocycles. The summed E-state index contributed by atoms with van der Waals surface area (Å²) in [6, 6.07) is 15.9. The molecule has 4 aromatic rings. The Balaban J connectivity index is 1.73. The highest BCUT2D eigenvalue weighted by atomic mass is 32.1. The highest BCUT2D eigenvalue weighted by Gasteiger charge is 2.16. The lowest BCUT2D eigenvalue weighted by Crippen LogP contribution is -2.10. The van der Waals surface area contributed by atoms with E-state index in [2.05, 4.69) is 5.32 Å². The minimum atomic E-state index is -0.437. The standard InChI is InChI=1S/C19H13NO4S/c1-23-12-8-6-11(7-9-12)20-18(21)16-10-14-17(25-16)13-4-2-3-5-15(13)24-19(14)22/h2-10H,1H3,(H,20,21). The van der Waals surface area contributed by atoms with Crippen LogP contribution in [-0.2, 0) is 0 Å². The van der Waals surface area contributed by atoms with Crippen LogP contribution in [-0.4, -0.2) is 13.0 Å². The average molecular weight is 351 g/mol. The smallest absolute Gasteiger partial charge is 0.345 e. The van der Waals surface area contributed by atoms with E-state index >= 15 is 0 Å². The molecular weight excluding hydrogens is 338 g/mol. The number of carbonyl (C=O) groups excluding carboxylic acids is 1. The third-order valence-electron chi connectivity index (χ3n) is 3.86. The van der Waals surface area contributed by atoms with E-state index in [0.717, 1.165) is 10.1 Å². The van der Waals surface area contributed by atoms with Gasteiger partial charge in [-0.25, -0.2) is 4.79 Å². The zero-order valence-corrected chi connectivity index (χ0v) is 14.1. The molecule has 6 heteroatoms. The summed E-state index contributed by atoms with van der Waals surface area (Å²) in [5, 5.41) is 4.07. The van der Waals surface area contributed by atoms with Gasteiger partial charge in [-0.05, 0) is 42.5 Å². The summed E-state index contributed by atoms with van der Waals surface area (Å²) in [7, 11) is 1.58. The lowest BCUT2D eigenvalue weighted by molar-refractivity contribution is 0.103. The molecule has 0 spiro atoms. The fourth-order valence-corrected chi connectivity index (χ4v) is 3.69. The Hall–Kier alpha value is -3.12. The highest BCUT2D eigenvalue weighted by molar-refractivity contribution is 7.21. The van der Waals surface area contributed by atoms with Crippen molar-refractivity contribution in [3.05, 3.63) is 69.9 Å². The van der Waals surface area contributed by atoms with Crippen molar-refractivity contribution in [2.45, 2.75) is 0 Å². The summed E-state index contributed by atoms with van der Waals surface area (Å²) >= 11 is 1.28. The first-order valence-electron chi connectivity index (χ1n) is 7.56. The molecular formula is C19H13NO4S. The van der Waals surface area contributed by atoms with Crippen molar-refractivity contribution in [1.82, 2.24) is 0 Å². The van der Waals surface area contributed by atoms with E-state index in [4.69, 9.17) is 9.15 Å². The first-order valence-corrected chi connectivity index (χ1v) is 8.38. The molecule has 25 heavy (non-hydrogen) atoms. The molecule has 0 saturated heterocycles. The van der Waals surface area contributed by atoms with Crippen molar-refractivity contribution in [1.29, 1.82) is 0 Å². The Labute approximate surface area is 146 Å². The van der Waals surface area contributed by atoms with Gasteiger partial charge >= 0.3 is 5.63 Å². The minimum absolute atomic E-state index is 0.269. The van der Waals surface area contributed by atoms with Crippen LogP contribution in [0.15, 0.2) is 63.8 Å². The van der Waals surface area contributed by atoms with Gasteiger partial charge < -0.3 is 14.5 Å². The van der Waals surface area contributed by atoms with Crippen LogP contribution < -0.4 is 15.7 Å². The van der Waals surface area contributed by atoms with Crippen LogP contribution in [0.3, 0.4) is 0 Å². The van der Waals surface area contributed by atoms with Gasteiger partial charge in [-0.1, -0.05) is 12.1 Å². The maximum atomic E-state index is 12.5. The molecule has 4 rings (SSSR count). The summed E-state index contributed by atoms with van der Waals surface area (Å²) in [5.41, 5.74) is 0.734. The van der Waals surface area contributed by atoms with Gasteiger partial charge in [0.15, 0.2) is 0 Å². The second-order valence-electron chi connectivity index (χ2n) is 5.42. The molecule has 0 aliphatic rings. The third-order valence-corrected chi connectivity index (χ3v) is 5.03. The minimum Gasteiger partial charge on any atom is -0.497 e. The number of rotatable bonds is 3. The van der Waals surface area contributed by atoms with E-state index < -0.39 is 5.63 Å². The van der Waals surface area contributed by atoms with Gasteiger partial charge in [0.05, 0.1) is 22.1 Å². The van der Waals surface area contributed by atoms with Gasteiger partial charge in [-0.2, -0.15) is 0 Å². The van der Waals surface area contributed by atoms with Gasteiger partial charge in [0, 0.05) is 11.1 Å². The van der Waals surface area contributed by atoms with E-state index in [9.17, 15) is 9.59 Å². The van der Waals surface area contributed by atoms with Crippen LogP contribution in [0.5, 0.6) is 5.75 Å². The van der Waals surface area contributed by atoms with E-state index in [0.29, 0.717) is 27.3 Å². The van der Waals surface area contributed by atoms with Crippen LogP contribution >= 0.6 is 11.3 Å². The summed E-state index contributed by atoms with van der Waals surface area (Å²) in [6.45, 7) is 0. The molecule has 0 bridgehead atoms. The summed E-state index contributed by atoms with van der Waals surface area (Å²) in [6.07, 6.45) is 0. The molecule has 0 radical (unpaired) electrons. The molecule has 0 saturated carbocycles. The lowest BCUT2D eigenvalue weighted by Gasteiger charge is -2.04. The van der Waals surface area contributed by atoms with E-state index in [1.165, 1.54) is 11.3 Å². The number of ether oxygens (including phenoxy) is 1. The lowest BCUT2D eigenvalue weighted by atomic mass is 10.2. The summed E-state index contributed by atoms with van der Waals surface area (Å²) < 4.78 is 11.2. The van der Waals surface area contributed by atoms with Gasteiger partial charge in [0.1, 0.15) is 11.3 Å². The van der Waals surface area contributed by atoms with Crippen molar-refractivity contribution in [2.24, 2.45) is 0 Å². The zero-order chi connectivity index (χ0) is 17.4. The summed E-state index contributed by atoms with van der Waals surface area (Å²) in [5.74, 6) is 0.443. The molecule has 5 nitrogen and oxygen atoms in total. The molecule has 1 N–H and O–H groups in total. The fraction of sp³-hybridized carbons (Fsp3) is 0.0526. The Kier molecular flexibility index (Phi) is 3.74. The number of carbonyl (C=O) groups is 1. The van der Waals surface area contributed by atoms with Gasteiger partial charge in [-0.3, -0.25) is 4.79 Å². The van der Waals surface area contributed by atoms with Crippen molar-refractivity contribution < 1.29 is 13.9 Å². The number of nitrogens with one attached hydrogen (secondary N) is 1. The third kappa shape index (κ3) is 2.77. The van der Waals surface area contributed by atoms with Crippen molar-refractivity contribution >= 4 is 44.0 Å². The van der Waals surface area contributed by atoms with E-state index in [1.54, 1.807) is 43.5 Å². The first-order chi connectivity index (χ1) is 12.2. The Morgan fingerprint density at radius 2 is 1.84 bits per heavy atom. The Bertz CT molecular complexity index is 1140. The Morgan fingerprint density at radius 3 is 2.60 bits per heavy atom. The number of anilines is 1. The molecule has 0 atom stereocenters. The molecule has 2 heterocycles. The Morgan fingerprint density at radius 1 is 1.08 bits per heavy atom. The molecule has 124 valence electrons. The predicted octanol–water partition coefficient (Wildman–Crippen LogP) is 4.27. The molecule has 0 unspecified atom stereocenters. The van der Waals surface area contributed by atoms with Crippen LogP contribution in [0.2, 0.25) is 0 Å². The van der Waals surface area contributed by atoms with Crippen LogP contribution in [0.4, 0.5) is 5.69 Å². The fourth-order valence-electron chi connectivity index (χ4n) is 2.62. The number of methoxy groups -OCH3 is 1. The second-order valence-corrected chi connectivity index (χ2v) is 6.47. The number of hydrogen-bond acceptors (Lipinski definition) is 5. The van der Waals surface area contributed by atoms with Crippen molar-refractivity contribution in [3.63, 3.8) is 0 Å². The number of hydrogen-bond donors (Lipinski definition) is 1. The molecule has 0 fully saturated rings. The number of fused-ring (bicyclic) bond motifs is 3. The quantitative estimate of drug-likeness (QED) is 0.560. The highest BCUT2D eigenvalue weighted by Crippen LogP contribution is 2.30. The SMILES string of the molecule is COc1ccc(NC(=O)c2cc3c(=O)oc4ccccc4c3s2)cc1. The van der Waals surface area contributed by atoms with Gasteiger partial charge in [-0.15, -0.1) is 11.3 Å². The predicted molar refractivity (Wildman–Crippen MR) is 98.8 cm³/mol. The topological polar surface area (TPSA) is 68.5 Å². The number of benzene rings is 2. The van der Waals surface area contributed by atoms with Crippen LogP contribution in [0.1, 0.15) is 9.67 Å². The van der Waals surface area contributed by atoms with Crippen molar-refractivity contribution in [3.8, 4) is 5.75 Å². The maximum Gasteiger partial charge on any atom is 0.345 e. The number of thiophene rings is 1. The van der Waals surface area contributed by atoms with Gasteiger partial charge in [0.25, 0.3) is 5.91 Å². The maximum absolute atomic E-state index is 12.5. The number of para-hydroxylation sites is 1. The molecule has 1 amide bonds. The second kappa shape index (κ2) is 6.07. The summed E-state index contributed by atoms with van der Waals surface area (Å²) in [4.78, 5) is 25.1. The van der Waals surface area contributed by atoms with E-state index in [-0.39, 0.29) is 5.91 Å². The monoisotopic (exact) mass is 351 g/mol. The molecule has 2 aromatic carbocycles. The molecule has 0 aliphatic carbocycles. The van der Waals surface area contributed by atoms with Crippen molar-refractivity contribution in [2.75, 3.05) is 12.4 Å². The van der Waals surface area contributed by atoms with Gasteiger partial charge in [0.2, 0.25) is 0 Å². The van der Waals surface area contributed by atoms with Crippen LogP contribution in [0, 0.1) is 0 Å².